The maximum atomic E-state index is 11.3. The standard InChI is InChI=1S/C16H23NO2/c1-11-9-12(2)14(13(3)10-11)17-7-5-16(4,6-8-17)15(18)19/h9-10H,5-8H2,1-4H3,(H,18,19). The number of rotatable bonds is 2. The van der Waals surface area contributed by atoms with E-state index in [-0.39, 0.29) is 0 Å². The molecule has 1 aliphatic rings. The Kier molecular flexibility index (Phi) is 3.57. The molecule has 1 fully saturated rings. The Labute approximate surface area is 115 Å². The number of carbonyl (C=O) groups is 1. The molecule has 19 heavy (non-hydrogen) atoms. The first-order valence-corrected chi connectivity index (χ1v) is 6.90. The highest BCUT2D eigenvalue weighted by molar-refractivity contribution is 5.75. The van der Waals surface area contributed by atoms with Gasteiger partial charge in [-0.15, -0.1) is 0 Å². The van der Waals surface area contributed by atoms with Crippen molar-refractivity contribution in [3.8, 4) is 0 Å². The van der Waals surface area contributed by atoms with Crippen LogP contribution in [0.15, 0.2) is 12.1 Å². The third-order valence-electron chi connectivity index (χ3n) is 4.33. The number of hydrogen-bond donors (Lipinski definition) is 1. The number of carboxylic acid groups (broad SMARTS) is 1. The van der Waals surface area contributed by atoms with Crippen LogP contribution in [0.4, 0.5) is 5.69 Å². The van der Waals surface area contributed by atoms with Crippen LogP contribution in [0, 0.1) is 26.2 Å². The van der Waals surface area contributed by atoms with Gasteiger partial charge in [0.05, 0.1) is 5.41 Å². The Hall–Kier alpha value is -1.51. The lowest BCUT2D eigenvalue weighted by Gasteiger charge is -2.39. The van der Waals surface area contributed by atoms with Gasteiger partial charge in [0.1, 0.15) is 0 Å². The second-order valence-corrected chi connectivity index (χ2v) is 6.10. The normalized spacial score (nSPS) is 18.4. The van der Waals surface area contributed by atoms with Crippen molar-refractivity contribution < 1.29 is 9.90 Å². The van der Waals surface area contributed by atoms with Crippen LogP contribution in [0.3, 0.4) is 0 Å². The Morgan fingerprint density at radius 2 is 1.63 bits per heavy atom. The van der Waals surface area contributed by atoms with Gasteiger partial charge >= 0.3 is 5.97 Å². The number of nitrogens with zero attached hydrogens (tertiary/aromatic N) is 1. The highest BCUT2D eigenvalue weighted by Gasteiger charge is 2.37. The van der Waals surface area contributed by atoms with Gasteiger partial charge in [-0.25, -0.2) is 0 Å². The van der Waals surface area contributed by atoms with Crippen LogP contribution in [0.5, 0.6) is 0 Å². The van der Waals surface area contributed by atoms with E-state index in [9.17, 15) is 9.90 Å². The van der Waals surface area contributed by atoms with E-state index in [0.717, 1.165) is 25.9 Å². The van der Waals surface area contributed by atoms with Crippen molar-refractivity contribution in [2.24, 2.45) is 5.41 Å². The molecule has 0 amide bonds. The average Bonchev–Trinajstić information content (AvgIpc) is 2.30. The molecule has 1 aliphatic heterocycles. The van der Waals surface area contributed by atoms with Crippen LogP contribution in [0.1, 0.15) is 36.5 Å². The van der Waals surface area contributed by atoms with Gasteiger partial charge in [0.2, 0.25) is 0 Å². The molecule has 1 heterocycles. The SMILES string of the molecule is Cc1cc(C)c(N2CCC(C)(C(=O)O)CC2)c(C)c1. The molecule has 0 aliphatic carbocycles. The van der Waals surface area contributed by atoms with Crippen molar-refractivity contribution >= 4 is 11.7 Å². The molecule has 3 nitrogen and oxygen atoms in total. The smallest absolute Gasteiger partial charge is 0.309 e. The maximum absolute atomic E-state index is 11.3. The first-order chi connectivity index (χ1) is 8.83. The molecule has 1 saturated heterocycles. The number of anilines is 1. The molecular formula is C16H23NO2. The van der Waals surface area contributed by atoms with Crippen molar-refractivity contribution in [3.05, 3.63) is 28.8 Å². The summed E-state index contributed by atoms with van der Waals surface area (Å²) in [5.74, 6) is -0.662. The van der Waals surface area contributed by atoms with E-state index in [1.807, 2.05) is 6.92 Å². The summed E-state index contributed by atoms with van der Waals surface area (Å²) in [5.41, 5.74) is 4.60. The molecule has 2 rings (SSSR count). The van der Waals surface area contributed by atoms with Gasteiger partial charge < -0.3 is 10.0 Å². The zero-order valence-electron chi connectivity index (χ0n) is 12.3. The number of carboxylic acids is 1. The van der Waals surface area contributed by atoms with Crippen molar-refractivity contribution in [2.45, 2.75) is 40.5 Å². The first-order valence-electron chi connectivity index (χ1n) is 6.90. The molecule has 0 bridgehead atoms. The number of aryl methyl sites for hydroxylation is 3. The number of aliphatic carboxylic acids is 1. The third-order valence-corrected chi connectivity index (χ3v) is 4.33. The van der Waals surface area contributed by atoms with Gasteiger partial charge in [0, 0.05) is 18.8 Å². The van der Waals surface area contributed by atoms with E-state index in [0.29, 0.717) is 0 Å². The molecule has 0 spiro atoms. The quantitative estimate of drug-likeness (QED) is 0.888. The van der Waals surface area contributed by atoms with Crippen molar-refractivity contribution in [3.63, 3.8) is 0 Å². The summed E-state index contributed by atoms with van der Waals surface area (Å²) in [6.45, 7) is 9.91. The summed E-state index contributed by atoms with van der Waals surface area (Å²) in [6.07, 6.45) is 1.43. The average molecular weight is 261 g/mol. The van der Waals surface area contributed by atoms with Crippen LogP contribution in [-0.4, -0.2) is 24.2 Å². The molecule has 0 saturated carbocycles. The van der Waals surface area contributed by atoms with Gasteiger partial charge in [-0.3, -0.25) is 4.79 Å². The lowest BCUT2D eigenvalue weighted by molar-refractivity contribution is -0.149. The van der Waals surface area contributed by atoms with Crippen LogP contribution in [0.2, 0.25) is 0 Å². The predicted molar refractivity (Wildman–Crippen MR) is 77.8 cm³/mol. The molecule has 0 radical (unpaired) electrons. The van der Waals surface area contributed by atoms with Crippen LogP contribution < -0.4 is 4.90 Å². The molecular weight excluding hydrogens is 238 g/mol. The molecule has 104 valence electrons. The summed E-state index contributed by atoms with van der Waals surface area (Å²) in [6, 6.07) is 4.40. The second-order valence-electron chi connectivity index (χ2n) is 6.10. The van der Waals surface area contributed by atoms with Gasteiger partial charge in [0.25, 0.3) is 0 Å². The Morgan fingerprint density at radius 1 is 1.16 bits per heavy atom. The van der Waals surface area contributed by atoms with Crippen LogP contribution in [-0.2, 0) is 4.79 Å². The molecule has 3 heteroatoms. The van der Waals surface area contributed by atoms with Gasteiger partial charge in [-0.1, -0.05) is 17.7 Å². The minimum Gasteiger partial charge on any atom is -0.481 e. The first kappa shape index (κ1) is 13.9. The molecule has 0 atom stereocenters. The van der Waals surface area contributed by atoms with Crippen LogP contribution in [0.25, 0.3) is 0 Å². The molecule has 1 aromatic carbocycles. The van der Waals surface area contributed by atoms with E-state index in [2.05, 4.69) is 37.8 Å². The van der Waals surface area contributed by atoms with E-state index in [1.54, 1.807) is 0 Å². The zero-order valence-corrected chi connectivity index (χ0v) is 12.3. The molecule has 0 aromatic heterocycles. The highest BCUT2D eigenvalue weighted by Crippen LogP contribution is 2.35. The zero-order chi connectivity index (χ0) is 14.2. The lowest BCUT2D eigenvalue weighted by atomic mass is 9.80. The van der Waals surface area contributed by atoms with Gasteiger partial charge in [0.15, 0.2) is 0 Å². The topological polar surface area (TPSA) is 40.5 Å². The van der Waals surface area contributed by atoms with Crippen molar-refractivity contribution in [2.75, 3.05) is 18.0 Å². The van der Waals surface area contributed by atoms with E-state index >= 15 is 0 Å². The van der Waals surface area contributed by atoms with E-state index < -0.39 is 11.4 Å². The Bertz CT molecular complexity index is 476. The predicted octanol–water partition coefficient (Wildman–Crippen LogP) is 3.30. The fourth-order valence-electron chi connectivity index (χ4n) is 3.11. The van der Waals surface area contributed by atoms with E-state index in [4.69, 9.17) is 0 Å². The van der Waals surface area contributed by atoms with Crippen molar-refractivity contribution in [1.29, 1.82) is 0 Å². The fourth-order valence-corrected chi connectivity index (χ4v) is 3.11. The number of benzene rings is 1. The largest absolute Gasteiger partial charge is 0.481 e. The number of hydrogen-bond acceptors (Lipinski definition) is 2. The molecule has 1 aromatic rings. The molecule has 0 unspecified atom stereocenters. The number of piperidine rings is 1. The summed E-state index contributed by atoms with van der Waals surface area (Å²) < 4.78 is 0. The van der Waals surface area contributed by atoms with E-state index in [1.165, 1.54) is 22.4 Å². The summed E-state index contributed by atoms with van der Waals surface area (Å²) in [5, 5.41) is 9.28. The Morgan fingerprint density at radius 3 is 2.05 bits per heavy atom. The second kappa shape index (κ2) is 4.87. The minimum atomic E-state index is -0.662. The third kappa shape index (κ3) is 2.60. The lowest BCUT2D eigenvalue weighted by Crippen LogP contribution is -2.43. The van der Waals surface area contributed by atoms with Gasteiger partial charge in [-0.05, 0) is 51.7 Å². The fraction of sp³-hybridized carbons (Fsp3) is 0.562. The minimum absolute atomic E-state index is 0.553. The summed E-state index contributed by atoms with van der Waals surface area (Å²) >= 11 is 0. The maximum Gasteiger partial charge on any atom is 0.309 e. The summed E-state index contributed by atoms with van der Waals surface area (Å²) in [4.78, 5) is 13.6. The van der Waals surface area contributed by atoms with Gasteiger partial charge in [-0.2, -0.15) is 0 Å². The van der Waals surface area contributed by atoms with Crippen molar-refractivity contribution in [1.82, 2.24) is 0 Å². The monoisotopic (exact) mass is 261 g/mol. The highest BCUT2D eigenvalue weighted by atomic mass is 16.4. The summed E-state index contributed by atoms with van der Waals surface area (Å²) in [7, 11) is 0. The molecule has 1 N–H and O–H groups in total. The van der Waals surface area contributed by atoms with Crippen LogP contribution >= 0.6 is 0 Å². The Balaban J connectivity index is 2.21.